The van der Waals surface area contributed by atoms with Gasteiger partial charge < -0.3 is 10.4 Å². The summed E-state index contributed by atoms with van der Waals surface area (Å²) in [7, 11) is 0. The zero-order chi connectivity index (χ0) is 15.7. The molecule has 0 amide bonds. The van der Waals surface area contributed by atoms with Crippen molar-refractivity contribution in [2.24, 2.45) is 0 Å². The van der Waals surface area contributed by atoms with Gasteiger partial charge in [-0.2, -0.15) is 0 Å². The molecule has 112 valence electrons. The molecule has 3 rings (SSSR count). The number of carbonyl (C=O) groups is 1. The summed E-state index contributed by atoms with van der Waals surface area (Å²) >= 11 is 3.08. The molecule has 0 bridgehead atoms. The number of thiazole rings is 2. The lowest BCUT2D eigenvalue weighted by molar-refractivity contribution is 0.0696. The van der Waals surface area contributed by atoms with E-state index in [-0.39, 0.29) is 5.56 Å². The van der Waals surface area contributed by atoms with Crippen LogP contribution in [0.15, 0.2) is 23.7 Å². The number of aromatic nitrogens is 3. The SMILES string of the molecule is Cc1nc(C)c(-c2csc(Nc3ccc(C(=O)O)cn3)n2)s1. The third-order valence-corrected chi connectivity index (χ3v) is 4.74. The van der Waals surface area contributed by atoms with Crippen LogP contribution >= 0.6 is 22.7 Å². The highest BCUT2D eigenvalue weighted by molar-refractivity contribution is 7.16. The van der Waals surface area contributed by atoms with Crippen molar-refractivity contribution in [2.75, 3.05) is 5.32 Å². The van der Waals surface area contributed by atoms with Crippen molar-refractivity contribution in [1.29, 1.82) is 0 Å². The first-order chi connectivity index (χ1) is 10.5. The monoisotopic (exact) mass is 332 g/mol. The van der Waals surface area contributed by atoms with E-state index >= 15 is 0 Å². The van der Waals surface area contributed by atoms with E-state index in [9.17, 15) is 4.79 Å². The summed E-state index contributed by atoms with van der Waals surface area (Å²) in [5.41, 5.74) is 2.02. The van der Waals surface area contributed by atoms with Gasteiger partial charge in [0, 0.05) is 11.6 Å². The number of hydrogen-bond donors (Lipinski definition) is 2. The number of hydrogen-bond acceptors (Lipinski definition) is 7. The number of carboxylic acid groups (broad SMARTS) is 1. The maximum absolute atomic E-state index is 10.8. The van der Waals surface area contributed by atoms with Gasteiger partial charge in [0.05, 0.1) is 26.8 Å². The third-order valence-electron chi connectivity index (χ3n) is 2.89. The number of carboxylic acids is 1. The molecule has 0 fully saturated rings. The second kappa shape index (κ2) is 5.82. The molecule has 22 heavy (non-hydrogen) atoms. The number of anilines is 2. The number of pyridine rings is 1. The molecule has 0 spiro atoms. The standard InChI is InChI=1S/C14H12N4O2S2/c1-7-12(22-8(2)16-7)10-6-21-14(17-10)18-11-4-3-9(5-15-11)13(19)20/h3-6H,1-2H3,(H,19,20)(H,15,17,18). The van der Waals surface area contributed by atoms with Gasteiger partial charge in [-0.1, -0.05) is 0 Å². The van der Waals surface area contributed by atoms with E-state index in [1.165, 1.54) is 23.6 Å². The van der Waals surface area contributed by atoms with Crippen LogP contribution in [0.4, 0.5) is 10.9 Å². The Bertz CT molecular complexity index is 824. The normalized spacial score (nSPS) is 10.6. The van der Waals surface area contributed by atoms with Gasteiger partial charge in [-0.15, -0.1) is 22.7 Å². The zero-order valence-electron chi connectivity index (χ0n) is 11.8. The molecule has 0 unspecified atom stereocenters. The average Bonchev–Trinajstić information content (AvgIpc) is 3.06. The number of nitrogens with zero attached hydrogens (tertiary/aromatic N) is 3. The van der Waals surface area contributed by atoms with Crippen molar-refractivity contribution in [1.82, 2.24) is 15.0 Å². The van der Waals surface area contributed by atoms with Crippen LogP contribution < -0.4 is 5.32 Å². The van der Waals surface area contributed by atoms with Gasteiger partial charge in [0.15, 0.2) is 5.13 Å². The molecule has 0 saturated heterocycles. The first-order valence-electron chi connectivity index (χ1n) is 6.39. The summed E-state index contributed by atoms with van der Waals surface area (Å²) in [5.74, 6) is -0.435. The third kappa shape index (κ3) is 2.97. The number of nitrogens with one attached hydrogen (secondary N) is 1. The Labute approximate surface area is 134 Å². The summed E-state index contributed by atoms with van der Waals surface area (Å²) in [6.07, 6.45) is 1.32. The van der Waals surface area contributed by atoms with Crippen LogP contribution in [0.1, 0.15) is 21.1 Å². The average molecular weight is 332 g/mol. The van der Waals surface area contributed by atoms with Crippen LogP contribution in [0, 0.1) is 13.8 Å². The predicted octanol–water partition coefficient (Wildman–Crippen LogP) is 3.72. The van der Waals surface area contributed by atoms with Crippen LogP contribution in [0.25, 0.3) is 10.6 Å². The first kappa shape index (κ1) is 14.6. The van der Waals surface area contributed by atoms with Crippen LogP contribution in [0.3, 0.4) is 0 Å². The molecule has 3 heterocycles. The maximum atomic E-state index is 10.8. The van der Waals surface area contributed by atoms with Gasteiger partial charge in [0.25, 0.3) is 0 Å². The molecule has 8 heteroatoms. The van der Waals surface area contributed by atoms with Gasteiger partial charge in [0.2, 0.25) is 0 Å². The lowest BCUT2D eigenvalue weighted by Crippen LogP contribution is -1.99. The lowest BCUT2D eigenvalue weighted by atomic mass is 10.3. The van der Waals surface area contributed by atoms with E-state index in [1.54, 1.807) is 17.4 Å². The Kier molecular flexibility index (Phi) is 3.86. The topological polar surface area (TPSA) is 88.0 Å². The summed E-state index contributed by atoms with van der Waals surface area (Å²) in [6.45, 7) is 3.94. The van der Waals surface area contributed by atoms with Gasteiger partial charge in [-0.25, -0.2) is 19.7 Å². The van der Waals surface area contributed by atoms with E-state index < -0.39 is 5.97 Å². The van der Waals surface area contributed by atoms with Crippen LogP contribution in [-0.2, 0) is 0 Å². The molecule has 0 radical (unpaired) electrons. The second-order valence-corrected chi connectivity index (χ2v) is 6.61. The van der Waals surface area contributed by atoms with Crippen LogP contribution in [0.2, 0.25) is 0 Å². The molecule has 0 atom stereocenters. The Morgan fingerprint density at radius 1 is 1.27 bits per heavy atom. The zero-order valence-corrected chi connectivity index (χ0v) is 13.5. The second-order valence-electron chi connectivity index (χ2n) is 4.55. The summed E-state index contributed by atoms with van der Waals surface area (Å²) in [6, 6.07) is 3.12. The van der Waals surface area contributed by atoms with E-state index in [4.69, 9.17) is 5.11 Å². The molecule has 3 aromatic heterocycles. The number of aryl methyl sites for hydroxylation is 2. The fourth-order valence-electron chi connectivity index (χ4n) is 1.91. The minimum Gasteiger partial charge on any atom is -0.478 e. The highest BCUT2D eigenvalue weighted by Crippen LogP contribution is 2.32. The minimum absolute atomic E-state index is 0.154. The Hall–Kier alpha value is -2.32. The summed E-state index contributed by atoms with van der Waals surface area (Å²) in [4.78, 5) is 24.8. The number of aromatic carboxylic acids is 1. The van der Waals surface area contributed by atoms with Crippen molar-refractivity contribution in [3.8, 4) is 10.6 Å². The van der Waals surface area contributed by atoms with Gasteiger partial charge >= 0.3 is 5.97 Å². The molecule has 2 N–H and O–H groups in total. The number of rotatable bonds is 4. The predicted molar refractivity (Wildman–Crippen MR) is 87.2 cm³/mol. The van der Waals surface area contributed by atoms with Crippen molar-refractivity contribution in [2.45, 2.75) is 13.8 Å². The van der Waals surface area contributed by atoms with E-state index in [0.29, 0.717) is 10.9 Å². The highest BCUT2D eigenvalue weighted by atomic mass is 32.1. The molecular formula is C14H12N4O2S2. The van der Waals surface area contributed by atoms with Crippen molar-refractivity contribution in [3.05, 3.63) is 40.0 Å². The fourth-order valence-corrected chi connectivity index (χ4v) is 3.57. The van der Waals surface area contributed by atoms with Crippen molar-refractivity contribution >= 4 is 39.6 Å². The molecule has 6 nitrogen and oxygen atoms in total. The molecule has 0 aliphatic carbocycles. The molecule has 0 saturated carbocycles. The molecule has 0 aliphatic rings. The van der Waals surface area contributed by atoms with Gasteiger partial charge in [-0.05, 0) is 26.0 Å². The van der Waals surface area contributed by atoms with E-state index in [0.717, 1.165) is 21.3 Å². The highest BCUT2D eigenvalue weighted by Gasteiger charge is 2.12. The summed E-state index contributed by atoms with van der Waals surface area (Å²) < 4.78 is 0. The Balaban J connectivity index is 1.79. The Morgan fingerprint density at radius 3 is 2.68 bits per heavy atom. The Morgan fingerprint density at radius 2 is 2.09 bits per heavy atom. The quantitative estimate of drug-likeness (QED) is 0.757. The lowest BCUT2D eigenvalue weighted by Gasteiger charge is -2.01. The molecule has 3 aromatic rings. The van der Waals surface area contributed by atoms with Gasteiger partial charge in [0.1, 0.15) is 5.82 Å². The van der Waals surface area contributed by atoms with Crippen LogP contribution in [-0.4, -0.2) is 26.0 Å². The van der Waals surface area contributed by atoms with Crippen molar-refractivity contribution in [3.63, 3.8) is 0 Å². The fraction of sp³-hybridized carbons (Fsp3) is 0.143. The van der Waals surface area contributed by atoms with E-state index in [2.05, 4.69) is 20.3 Å². The molecule has 0 aromatic carbocycles. The summed E-state index contributed by atoms with van der Waals surface area (Å²) in [5, 5.41) is 15.6. The van der Waals surface area contributed by atoms with Crippen molar-refractivity contribution < 1.29 is 9.90 Å². The smallest absolute Gasteiger partial charge is 0.337 e. The van der Waals surface area contributed by atoms with Crippen LogP contribution in [0.5, 0.6) is 0 Å². The molecular weight excluding hydrogens is 320 g/mol. The first-order valence-corrected chi connectivity index (χ1v) is 8.09. The molecule has 0 aliphatic heterocycles. The maximum Gasteiger partial charge on any atom is 0.337 e. The minimum atomic E-state index is -0.994. The van der Waals surface area contributed by atoms with Gasteiger partial charge in [-0.3, -0.25) is 0 Å². The van der Waals surface area contributed by atoms with E-state index in [1.807, 2.05) is 19.2 Å². The largest absolute Gasteiger partial charge is 0.478 e.